The first kappa shape index (κ1) is 19.6. The summed E-state index contributed by atoms with van der Waals surface area (Å²) in [5.74, 6) is -0.345. The van der Waals surface area contributed by atoms with Gasteiger partial charge in [-0.15, -0.1) is 0 Å². The minimum absolute atomic E-state index is 0.0865. The fourth-order valence-corrected chi connectivity index (χ4v) is 3.88. The first-order valence-corrected chi connectivity index (χ1v) is 9.80. The number of aliphatic carboxylic acids is 1. The molecule has 1 aliphatic heterocycles. The zero-order chi connectivity index (χ0) is 19.7. The van der Waals surface area contributed by atoms with Crippen LogP contribution >= 0.6 is 0 Å². The average Bonchev–Trinajstić information content (AvgIpc) is 3.14. The topological polar surface area (TPSA) is 58.4 Å². The number of likely N-dealkylation sites (tertiary alicyclic amines) is 1. The third-order valence-corrected chi connectivity index (χ3v) is 5.78. The van der Waals surface area contributed by atoms with Gasteiger partial charge in [-0.3, -0.25) is 4.68 Å². The van der Waals surface area contributed by atoms with E-state index in [1.807, 2.05) is 18.3 Å². The molecule has 0 radical (unpaired) electrons. The lowest BCUT2D eigenvalue weighted by molar-refractivity contribution is -0.151. The molecule has 1 unspecified atom stereocenters. The van der Waals surface area contributed by atoms with Crippen molar-refractivity contribution in [3.05, 3.63) is 53.9 Å². The Hall–Kier alpha value is -2.14. The van der Waals surface area contributed by atoms with Gasteiger partial charge < -0.3 is 10.0 Å². The van der Waals surface area contributed by atoms with Crippen LogP contribution in [0.5, 0.6) is 0 Å². The maximum atomic E-state index is 12.2. The molecule has 146 valence electrons. The molecule has 1 aromatic heterocycles. The second kappa shape index (κ2) is 7.47. The van der Waals surface area contributed by atoms with E-state index in [1.54, 1.807) is 4.68 Å². The number of carboxylic acid groups (broad SMARTS) is 1. The highest BCUT2D eigenvalue weighted by molar-refractivity contribution is 5.76. The van der Waals surface area contributed by atoms with Crippen LogP contribution in [0.25, 0.3) is 0 Å². The SMILES string of the molecule is CC(CN1CCC(C(=O)O)(n2ccc(C(C)(C)C)n2)CC1)c1ccccc1. The highest BCUT2D eigenvalue weighted by atomic mass is 16.4. The van der Waals surface area contributed by atoms with Gasteiger partial charge in [-0.25, -0.2) is 4.79 Å². The van der Waals surface area contributed by atoms with Crippen LogP contribution in [0, 0.1) is 0 Å². The fraction of sp³-hybridized carbons (Fsp3) is 0.545. The minimum Gasteiger partial charge on any atom is -0.479 e. The minimum atomic E-state index is -0.935. The Bertz CT molecular complexity index is 768. The summed E-state index contributed by atoms with van der Waals surface area (Å²) in [5.41, 5.74) is 1.24. The summed E-state index contributed by atoms with van der Waals surface area (Å²) in [6, 6.07) is 12.5. The molecule has 5 heteroatoms. The first-order chi connectivity index (χ1) is 12.7. The van der Waals surface area contributed by atoms with Gasteiger partial charge in [0, 0.05) is 31.2 Å². The van der Waals surface area contributed by atoms with Gasteiger partial charge in [0.1, 0.15) is 0 Å². The summed E-state index contributed by atoms with van der Waals surface area (Å²) in [6.07, 6.45) is 3.00. The molecule has 3 rings (SSSR count). The van der Waals surface area contributed by atoms with Crippen molar-refractivity contribution < 1.29 is 9.90 Å². The average molecular weight is 370 g/mol. The largest absolute Gasteiger partial charge is 0.479 e. The van der Waals surface area contributed by atoms with Gasteiger partial charge in [-0.05, 0) is 30.4 Å². The van der Waals surface area contributed by atoms with Crippen LogP contribution in [-0.4, -0.2) is 45.4 Å². The molecule has 0 spiro atoms. The van der Waals surface area contributed by atoms with Crippen LogP contribution in [0.15, 0.2) is 42.6 Å². The standard InChI is InChI=1S/C22H31N3O2/c1-17(18-8-6-5-7-9-18)16-24-14-11-22(12-15-24,20(26)27)25-13-10-19(23-25)21(2,3)4/h5-10,13,17H,11-12,14-16H2,1-4H3,(H,26,27). The molecule has 2 heterocycles. The Morgan fingerprint density at radius 1 is 1.19 bits per heavy atom. The fourth-order valence-electron chi connectivity index (χ4n) is 3.88. The molecule has 27 heavy (non-hydrogen) atoms. The monoisotopic (exact) mass is 369 g/mol. The molecule has 1 N–H and O–H groups in total. The second-order valence-corrected chi connectivity index (χ2v) is 8.84. The summed E-state index contributed by atoms with van der Waals surface area (Å²) < 4.78 is 1.70. The lowest BCUT2D eigenvalue weighted by Crippen LogP contribution is -2.51. The van der Waals surface area contributed by atoms with E-state index in [1.165, 1.54) is 5.56 Å². The Kier molecular flexibility index (Phi) is 5.43. The Morgan fingerprint density at radius 2 is 1.81 bits per heavy atom. The molecular weight excluding hydrogens is 338 g/mol. The van der Waals surface area contributed by atoms with Crippen LogP contribution in [0.2, 0.25) is 0 Å². The number of benzene rings is 1. The van der Waals surface area contributed by atoms with E-state index in [0.29, 0.717) is 18.8 Å². The number of carbonyl (C=O) groups is 1. The normalized spacial score (nSPS) is 19.0. The lowest BCUT2D eigenvalue weighted by atomic mass is 9.87. The first-order valence-electron chi connectivity index (χ1n) is 9.80. The zero-order valence-corrected chi connectivity index (χ0v) is 16.9. The van der Waals surface area contributed by atoms with Crippen LogP contribution in [-0.2, 0) is 15.7 Å². The van der Waals surface area contributed by atoms with E-state index < -0.39 is 11.5 Å². The summed E-state index contributed by atoms with van der Waals surface area (Å²) in [7, 11) is 0. The van der Waals surface area contributed by atoms with E-state index in [2.05, 4.69) is 62.0 Å². The van der Waals surface area contributed by atoms with Crippen molar-refractivity contribution in [2.75, 3.05) is 19.6 Å². The van der Waals surface area contributed by atoms with Crippen molar-refractivity contribution >= 4 is 5.97 Å². The summed E-state index contributed by atoms with van der Waals surface area (Å²) in [4.78, 5) is 14.6. The second-order valence-electron chi connectivity index (χ2n) is 8.84. The van der Waals surface area contributed by atoms with Crippen molar-refractivity contribution in [3.8, 4) is 0 Å². The van der Waals surface area contributed by atoms with Crippen LogP contribution in [0.3, 0.4) is 0 Å². The molecule has 1 aromatic carbocycles. The van der Waals surface area contributed by atoms with Gasteiger partial charge in [0.05, 0.1) is 5.69 Å². The predicted molar refractivity (Wildman–Crippen MR) is 107 cm³/mol. The highest BCUT2D eigenvalue weighted by Crippen LogP contribution is 2.32. The number of hydrogen-bond donors (Lipinski definition) is 1. The number of carboxylic acids is 1. The van der Waals surface area contributed by atoms with Gasteiger partial charge in [-0.2, -0.15) is 5.10 Å². The molecule has 2 aromatic rings. The van der Waals surface area contributed by atoms with Gasteiger partial charge in [-0.1, -0.05) is 58.0 Å². The maximum Gasteiger partial charge on any atom is 0.331 e. The van der Waals surface area contributed by atoms with Gasteiger partial charge >= 0.3 is 5.97 Å². The Morgan fingerprint density at radius 3 is 2.33 bits per heavy atom. The van der Waals surface area contributed by atoms with E-state index >= 15 is 0 Å². The van der Waals surface area contributed by atoms with Crippen molar-refractivity contribution in [2.45, 2.75) is 57.4 Å². The quantitative estimate of drug-likeness (QED) is 0.869. The third kappa shape index (κ3) is 4.08. The zero-order valence-electron chi connectivity index (χ0n) is 16.9. The predicted octanol–water partition coefficient (Wildman–Crippen LogP) is 3.86. The molecule has 0 amide bonds. The molecule has 0 bridgehead atoms. The number of piperidine rings is 1. The van der Waals surface area contributed by atoms with E-state index in [-0.39, 0.29) is 5.41 Å². The molecule has 1 fully saturated rings. The summed E-state index contributed by atoms with van der Waals surface area (Å²) in [5, 5.41) is 14.7. The molecule has 0 aliphatic carbocycles. The maximum absolute atomic E-state index is 12.2. The van der Waals surface area contributed by atoms with Gasteiger partial charge in [0.2, 0.25) is 0 Å². The molecule has 1 aliphatic rings. The lowest BCUT2D eigenvalue weighted by Gasteiger charge is -2.40. The number of rotatable bonds is 5. The van der Waals surface area contributed by atoms with Crippen LogP contribution < -0.4 is 0 Å². The van der Waals surface area contributed by atoms with Crippen molar-refractivity contribution in [2.24, 2.45) is 0 Å². The van der Waals surface area contributed by atoms with E-state index in [4.69, 9.17) is 0 Å². The smallest absolute Gasteiger partial charge is 0.331 e. The molecule has 0 saturated carbocycles. The van der Waals surface area contributed by atoms with Crippen molar-refractivity contribution in [1.29, 1.82) is 0 Å². The third-order valence-electron chi connectivity index (χ3n) is 5.78. The number of hydrogen-bond acceptors (Lipinski definition) is 3. The summed E-state index contributed by atoms with van der Waals surface area (Å²) in [6.45, 7) is 11.0. The van der Waals surface area contributed by atoms with Crippen LogP contribution in [0.4, 0.5) is 0 Å². The Balaban J connectivity index is 1.70. The number of nitrogens with zero attached hydrogens (tertiary/aromatic N) is 3. The highest BCUT2D eigenvalue weighted by Gasteiger charge is 2.44. The van der Waals surface area contributed by atoms with Gasteiger partial charge in [0.15, 0.2) is 5.54 Å². The summed E-state index contributed by atoms with van der Waals surface area (Å²) >= 11 is 0. The number of aromatic nitrogens is 2. The van der Waals surface area contributed by atoms with Gasteiger partial charge in [0.25, 0.3) is 0 Å². The molecule has 1 atom stereocenters. The van der Waals surface area contributed by atoms with E-state index in [9.17, 15) is 9.90 Å². The Labute approximate surface area is 162 Å². The van der Waals surface area contributed by atoms with Crippen LogP contribution in [0.1, 0.15) is 57.7 Å². The molecule has 5 nitrogen and oxygen atoms in total. The van der Waals surface area contributed by atoms with Crippen molar-refractivity contribution in [3.63, 3.8) is 0 Å². The van der Waals surface area contributed by atoms with E-state index in [0.717, 1.165) is 25.3 Å². The molecule has 1 saturated heterocycles. The molecular formula is C22H31N3O2. The van der Waals surface area contributed by atoms with Crippen molar-refractivity contribution in [1.82, 2.24) is 14.7 Å².